The van der Waals surface area contributed by atoms with Gasteiger partial charge in [0.25, 0.3) is 11.9 Å². The molecule has 2 heterocycles. The van der Waals surface area contributed by atoms with Crippen molar-refractivity contribution in [2.75, 3.05) is 19.0 Å². The van der Waals surface area contributed by atoms with Gasteiger partial charge in [0, 0.05) is 10.9 Å². The molecule has 148 valence electrons. The SMILES string of the molecule is COc1ccc(-c2csc3nc(NC(=O)COc4ccc(C)cc4C)nn23)cc1. The Morgan fingerprint density at radius 3 is 2.69 bits per heavy atom. The van der Waals surface area contributed by atoms with E-state index in [4.69, 9.17) is 9.47 Å². The molecule has 4 rings (SSSR count). The van der Waals surface area contributed by atoms with Crippen molar-refractivity contribution in [1.82, 2.24) is 14.6 Å². The average Bonchev–Trinajstić information content (AvgIpc) is 3.27. The molecule has 2 aromatic carbocycles. The van der Waals surface area contributed by atoms with Crippen molar-refractivity contribution < 1.29 is 14.3 Å². The minimum Gasteiger partial charge on any atom is -0.497 e. The second-order valence-corrected chi connectivity index (χ2v) is 7.42. The van der Waals surface area contributed by atoms with Gasteiger partial charge in [0.15, 0.2) is 6.61 Å². The number of carbonyl (C=O) groups excluding carboxylic acids is 1. The zero-order chi connectivity index (χ0) is 20.4. The lowest BCUT2D eigenvalue weighted by atomic mass is 10.1. The Kier molecular flexibility index (Phi) is 5.18. The van der Waals surface area contributed by atoms with E-state index in [-0.39, 0.29) is 18.5 Å². The number of fused-ring (bicyclic) bond motifs is 1. The highest BCUT2D eigenvalue weighted by molar-refractivity contribution is 7.15. The van der Waals surface area contributed by atoms with E-state index >= 15 is 0 Å². The van der Waals surface area contributed by atoms with Crippen molar-refractivity contribution in [3.05, 3.63) is 59.0 Å². The molecular weight excluding hydrogens is 388 g/mol. The number of anilines is 1. The maximum Gasteiger partial charge on any atom is 0.264 e. The van der Waals surface area contributed by atoms with Gasteiger partial charge in [-0.1, -0.05) is 17.7 Å². The summed E-state index contributed by atoms with van der Waals surface area (Å²) in [6.45, 7) is 3.86. The fraction of sp³-hybridized carbons (Fsp3) is 0.190. The number of thiazole rings is 1. The molecular formula is C21H20N4O3S. The van der Waals surface area contributed by atoms with E-state index in [2.05, 4.69) is 15.4 Å². The number of hydrogen-bond donors (Lipinski definition) is 1. The number of benzene rings is 2. The van der Waals surface area contributed by atoms with Gasteiger partial charge < -0.3 is 9.47 Å². The van der Waals surface area contributed by atoms with Gasteiger partial charge in [0.2, 0.25) is 4.96 Å². The Labute approximate surface area is 171 Å². The highest BCUT2D eigenvalue weighted by Crippen LogP contribution is 2.27. The Morgan fingerprint density at radius 2 is 1.97 bits per heavy atom. The summed E-state index contributed by atoms with van der Waals surface area (Å²) in [5.74, 6) is 1.41. The van der Waals surface area contributed by atoms with Crippen LogP contribution in [0.4, 0.5) is 5.95 Å². The summed E-state index contributed by atoms with van der Waals surface area (Å²) >= 11 is 1.46. The van der Waals surface area contributed by atoms with Crippen molar-refractivity contribution in [2.45, 2.75) is 13.8 Å². The molecule has 0 atom stereocenters. The van der Waals surface area contributed by atoms with Crippen LogP contribution >= 0.6 is 11.3 Å². The summed E-state index contributed by atoms with van der Waals surface area (Å²) in [5.41, 5.74) is 4.02. The first-order chi connectivity index (χ1) is 14.0. The van der Waals surface area contributed by atoms with Crippen LogP contribution < -0.4 is 14.8 Å². The normalized spacial score (nSPS) is 10.9. The van der Waals surface area contributed by atoms with Crippen LogP contribution in [0.15, 0.2) is 47.8 Å². The van der Waals surface area contributed by atoms with E-state index in [1.807, 2.05) is 61.7 Å². The predicted octanol–water partition coefficient (Wildman–Crippen LogP) is 4.10. The molecule has 8 heteroatoms. The first-order valence-corrected chi connectivity index (χ1v) is 9.90. The molecule has 0 aliphatic carbocycles. The second-order valence-electron chi connectivity index (χ2n) is 6.59. The van der Waals surface area contributed by atoms with Gasteiger partial charge in [0.05, 0.1) is 12.8 Å². The highest BCUT2D eigenvalue weighted by Gasteiger charge is 2.14. The number of nitrogens with zero attached hydrogens (tertiary/aromatic N) is 3. The minimum absolute atomic E-state index is 0.109. The Morgan fingerprint density at radius 1 is 1.17 bits per heavy atom. The standard InChI is InChI=1S/C21H20N4O3S/c1-13-4-9-18(14(2)10-13)28-11-19(26)22-20-23-21-25(24-20)17(12-29-21)15-5-7-16(27-3)8-6-15/h4-10,12H,11H2,1-3H3,(H,22,24,26). The van der Waals surface area contributed by atoms with Crippen LogP contribution in [0.2, 0.25) is 0 Å². The molecule has 2 aromatic heterocycles. The highest BCUT2D eigenvalue weighted by atomic mass is 32.1. The van der Waals surface area contributed by atoms with Gasteiger partial charge in [-0.05, 0) is 49.7 Å². The molecule has 0 aliphatic heterocycles. The van der Waals surface area contributed by atoms with Crippen molar-refractivity contribution in [1.29, 1.82) is 0 Å². The van der Waals surface area contributed by atoms with E-state index in [9.17, 15) is 4.79 Å². The smallest absolute Gasteiger partial charge is 0.264 e. The summed E-state index contributed by atoms with van der Waals surface area (Å²) < 4.78 is 12.5. The van der Waals surface area contributed by atoms with Crippen LogP contribution in [0.1, 0.15) is 11.1 Å². The Balaban J connectivity index is 1.45. The summed E-state index contributed by atoms with van der Waals surface area (Å²) in [6, 6.07) is 13.5. The number of nitrogens with one attached hydrogen (secondary N) is 1. The molecule has 1 amide bonds. The zero-order valence-electron chi connectivity index (χ0n) is 16.3. The first kappa shape index (κ1) is 18.9. The van der Waals surface area contributed by atoms with E-state index in [0.717, 1.165) is 28.1 Å². The summed E-state index contributed by atoms with van der Waals surface area (Å²) in [6.07, 6.45) is 0. The maximum absolute atomic E-state index is 12.3. The van der Waals surface area contributed by atoms with Gasteiger partial charge >= 0.3 is 0 Å². The summed E-state index contributed by atoms with van der Waals surface area (Å²) in [4.78, 5) is 17.3. The van der Waals surface area contributed by atoms with Gasteiger partial charge in [0.1, 0.15) is 11.5 Å². The van der Waals surface area contributed by atoms with E-state index < -0.39 is 0 Å². The predicted molar refractivity (Wildman–Crippen MR) is 113 cm³/mol. The van der Waals surface area contributed by atoms with Gasteiger partial charge in [-0.25, -0.2) is 4.52 Å². The summed E-state index contributed by atoms with van der Waals surface area (Å²) in [5, 5.41) is 9.09. The summed E-state index contributed by atoms with van der Waals surface area (Å²) in [7, 11) is 1.63. The van der Waals surface area contributed by atoms with E-state index in [1.165, 1.54) is 11.3 Å². The number of hydrogen-bond acceptors (Lipinski definition) is 6. The number of amides is 1. The van der Waals surface area contributed by atoms with Gasteiger partial charge in [-0.3, -0.25) is 10.1 Å². The molecule has 0 unspecified atom stereocenters. The molecule has 0 aliphatic rings. The topological polar surface area (TPSA) is 77.8 Å². The van der Waals surface area contributed by atoms with Gasteiger partial charge in [-0.2, -0.15) is 4.98 Å². The number of aryl methyl sites for hydroxylation is 2. The second kappa shape index (κ2) is 7.92. The molecule has 29 heavy (non-hydrogen) atoms. The fourth-order valence-corrected chi connectivity index (χ4v) is 3.79. The Bertz CT molecular complexity index is 1160. The van der Waals surface area contributed by atoms with Gasteiger partial charge in [-0.15, -0.1) is 16.4 Å². The van der Waals surface area contributed by atoms with Crippen molar-refractivity contribution in [2.24, 2.45) is 0 Å². The van der Waals surface area contributed by atoms with E-state index in [0.29, 0.717) is 10.7 Å². The third-order valence-corrected chi connectivity index (χ3v) is 5.22. The number of ether oxygens (including phenoxy) is 2. The van der Waals surface area contributed by atoms with Crippen LogP contribution in [0, 0.1) is 13.8 Å². The molecule has 7 nitrogen and oxygen atoms in total. The number of rotatable bonds is 6. The molecule has 0 radical (unpaired) electrons. The average molecular weight is 408 g/mol. The zero-order valence-corrected chi connectivity index (χ0v) is 17.1. The van der Waals surface area contributed by atoms with Crippen LogP contribution in [0.3, 0.4) is 0 Å². The first-order valence-electron chi connectivity index (χ1n) is 9.02. The quantitative estimate of drug-likeness (QED) is 0.520. The molecule has 0 saturated heterocycles. The number of aromatic nitrogens is 3. The molecule has 4 aromatic rings. The Hall–Kier alpha value is -3.39. The lowest BCUT2D eigenvalue weighted by molar-refractivity contribution is -0.118. The van der Waals surface area contributed by atoms with Crippen LogP contribution in [-0.2, 0) is 4.79 Å². The third kappa shape index (κ3) is 4.07. The molecule has 0 bridgehead atoms. The molecule has 0 saturated carbocycles. The van der Waals surface area contributed by atoms with Crippen molar-refractivity contribution >= 4 is 28.2 Å². The largest absolute Gasteiger partial charge is 0.497 e. The lowest BCUT2D eigenvalue weighted by Gasteiger charge is -2.09. The molecule has 0 fully saturated rings. The number of methoxy groups -OCH3 is 1. The number of carbonyl (C=O) groups is 1. The lowest BCUT2D eigenvalue weighted by Crippen LogP contribution is -2.21. The van der Waals surface area contributed by atoms with E-state index in [1.54, 1.807) is 11.6 Å². The molecule has 1 N–H and O–H groups in total. The van der Waals surface area contributed by atoms with Crippen LogP contribution in [0.5, 0.6) is 11.5 Å². The third-order valence-electron chi connectivity index (χ3n) is 4.41. The monoisotopic (exact) mass is 408 g/mol. The molecule has 0 spiro atoms. The van der Waals surface area contributed by atoms with Crippen molar-refractivity contribution in [3.8, 4) is 22.8 Å². The van der Waals surface area contributed by atoms with Crippen LogP contribution in [-0.4, -0.2) is 34.2 Å². The minimum atomic E-state index is -0.311. The van der Waals surface area contributed by atoms with Crippen molar-refractivity contribution in [3.63, 3.8) is 0 Å². The maximum atomic E-state index is 12.3. The fourth-order valence-electron chi connectivity index (χ4n) is 2.96. The van der Waals surface area contributed by atoms with Crippen LogP contribution in [0.25, 0.3) is 16.2 Å².